The van der Waals surface area contributed by atoms with Gasteiger partial charge in [0.2, 0.25) is 5.88 Å². The summed E-state index contributed by atoms with van der Waals surface area (Å²) in [6.07, 6.45) is 1.49. The Bertz CT molecular complexity index is 1180. The SMILES string of the molecule is O=C(O)N1CC=C(c2cc(Cl)nnc2OC2CN(c3ccc4ccccc4n3)C2)CC1. The van der Waals surface area contributed by atoms with E-state index in [9.17, 15) is 4.79 Å². The number of para-hydroxylation sites is 1. The van der Waals surface area contributed by atoms with E-state index in [1.54, 1.807) is 6.07 Å². The van der Waals surface area contributed by atoms with Crippen LogP contribution in [0, 0.1) is 0 Å². The van der Waals surface area contributed by atoms with E-state index in [1.807, 2.05) is 36.4 Å². The van der Waals surface area contributed by atoms with Gasteiger partial charge in [0.1, 0.15) is 11.9 Å². The van der Waals surface area contributed by atoms with Gasteiger partial charge in [0, 0.05) is 24.0 Å². The van der Waals surface area contributed by atoms with E-state index in [4.69, 9.17) is 26.4 Å². The molecule has 4 heterocycles. The van der Waals surface area contributed by atoms with Crippen molar-refractivity contribution < 1.29 is 14.6 Å². The second-order valence-electron chi connectivity index (χ2n) is 7.60. The number of benzene rings is 1. The van der Waals surface area contributed by atoms with Gasteiger partial charge in [-0.2, -0.15) is 0 Å². The van der Waals surface area contributed by atoms with Crippen molar-refractivity contribution in [1.29, 1.82) is 0 Å². The molecule has 1 N–H and O–H groups in total. The molecule has 9 heteroatoms. The third kappa shape index (κ3) is 3.98. The molecule has 2 aliphatic heterocycles. The standard InChI is InChI=1S/C22H20ClN5O3/c23-19-11-17(14-7-9-27(10-8-14)22(29)30)21(26-25-19)31-16-12-28(13-16)20-6-5-15-3-1-2-4-18(15)24-20/h1-7,11,16H,8-10,12-13H2,(H,29,30). The number of anilines is 1. The lowest BCUT2D eigenvalue weighted by molar-refractivity contribution is 0.150. The maximum atomic E-state index is 11.1. The highest BCUT2D eigenvalue weighted by molar-refractivity contribution is 6.29. The van der Waals surface area contributed by atoms with E-state index in [0.29, 0.717) is 38.5 Å². The highest BCUT2D eigenvalue weighted by atomic mass is 35.5. The van der Waals surface area contributed by atoms with Gasteiger partial charge in [-0.15, -0.1) is 10.2 Å². The van der Waals surface area contributed by atoms with Crippen molar-refractivity contribution >= 4 is 40.0 Å². The van der Waals surface area contributed by atoms with Gasteiger partial charge in [-0.05, 0) is 36.3 Å². The molecule has 1 saturated heterocycles. The normalized spacial score (nSPS) is 16.7. The summed E-state index contributed by atoms with van der Waals surface area (Å²) in [7, 11) is 0. The Kier molecular flexibility index (Phi) is 5.07. The molecule has 1 amide bonds. The molecule has 2 aromatic heterocycles. The van der Waals surface area contributed by atoms with Crippen LogP contribution in [0.1, 0.15) is 12.0 Å². The maximum absolute atomic E-state index is 11.1. The van der Waals surface area contributed by atoms with Crippen LogP contribution in [0.5, 0.6) is 5.88 Å². The molecular formula is C22H20ClN5O3. The summed E-state index contributed by atoms with van der Waals surface area (Å²) in [5.74, 6) is 1.35. The predicted molar refractivity (Wildman–Crippen MR) is 118 cm³/mol. The summed E-state index contributed by atoms with van der Waals surface area (Å²) < 4.78 is 6.13. The van der Waals surface area contributed by atoms with Crippen LogP contribution in [0.3, 0.4) is 0 Å². The highest BCUT2D eigenvalue weighted by Gasteiger charge is 2.31. The number of carboxylic acid groups (broad SMARTS) is 1. The van der Waals surface area contributed by atoms with Gasteiger partial charge >= 0.3 is 6.09 Å². The first-order valence-electron chi connectivity index (χ1n) is 10.0. The summed E-state index contributed by atoms with van der Waals surface area (Å²) >= 11 is 6.07. The fourth-order valence-corrected chi connectivity index (χ4v) is 4.00. The number of fused-ring (bicyclic) bond motifs is 1. The summed E-state index contributed by atoms with van der Waals surface area (Å²) in [6.45, 7) is 2.14. The number of hydrogen-bond donors (Lipinski definition) is 1. The maximum Gasteiger partial charge on any atom is 0.407 e. The molecule has 0 bridgehead atoms. The van der Waals surface area contributed by atoms with Crippen molar-refractivity contribution in [2.75, 3.05) is 31.1 Å². The predicted octanol–water partition coefficient (Wildman–Crippen LogP) is 3.71. The Morgan fingerprint density at radius 3 is 2.77 bits per heavy atom. The number of ether oxygens (including phenoxy) is 1. The molecule has 1 aromatic carbocycles. The monoisotopic (exact) mass is 437 g/mol. The van der Waals surface area contributed by atoms with Crippen LogP contribution in [0.15, 0.2) is 48.5 Å². The van der Waals surface area contributed by atoms with Crippen LogP contribution < -0.4 is 9.64 Å². The van der Waals surface area contributed by atoms with Crippen molar-refractivity contribution in [3.63, 3.8) is 0 Å². The number of carbonyl (C=O) groups is 1. The first-order valence-corrected chi connectivity index (χ1v) is 10.4. The van der Waals surface area contributed by atoms with Crippen molar-refractivity contribution in [2.45, 2.75) is 12.5 Å². The lowest BCUT2D eigenvalue weighted by atomic mass is 10.0. The van der Waals surface area contributed by atoms with Gasteiger partial charge < -0.3 is 19.6 Å². The smallest absolute Gasteiger partial charge is 0.407 e. The van der Waals surface area contributed by atoms with Gasteiger partial charge in [0.15, 0.2) is 5.15 Å². The minimum absolute atomic E-state index is 0.0396. The van der Waals surface area contributed by atoms with Crippen molar-refractivity contribution in [3.05, 3.63) is 59.3 Å². The molecule has 5 rings (SSSR count). The highest BCUT2D eigenvalue weighted by Crippen LogP contribution is 2.32. The summed E-state index contributed by atoms with van der Waals surface area (Å²) in [6, 6.07) is 13.9. The average Bonchev–Trinajstić information content (AvgIpc) is 2.76. The zero-order chi connectivity index (χ0) is 21.4. The number of pyridine rings is 1. The molecule has 158 valence electrons. The topological polar surface area (TPSA) is 91.7 Å². The van der Waals surface area contributed by atoms with E-state index in [2.05, 4.69) is 21.2 Å². The Balaban J connectivity index is 1.28. The van der Waals surface area contributed by atoms with E-state index in [-0.39, 0.29) is 11.3 Å². The Labute approximate surface area is 183 Å². The molecule has 0 spiro atoms. The van der Waals surface area contributed by atoms with Crippen LogP contribution in [0.25, 0.3) is 16.5 Å². The second kappa shape index (κ2) is 8.03. The quantitative estimate of drug-likeness (QED) is 0.665. The van der Waals surface area contributed by atoms with Gasteiger partial charge in [0.25, 0.3) is 0 Å². The molecule has 8 nitrogen and oxygen atoms in total. The number of rotatable bonds is 4. The lowest BCUT2D eigenvalue weighted by Gasteiger charge is -2.39. The fourth-order valence-electron chi connectivity index (χ4n) is 3.85. The second-order valence-corrected chi connectivity index (χ2v) is 7.99. The molecule has 31 heavy (non-hydrogen) atoms. The zero-order valence-corrected chi connectivity index (χ0v) is 17.4. The van der Waals surface area contributed by atoms with Crippen LogP contribution in [0.2, 0.25) is 5.15 Å². The molecule has 2 aliphatic rings. The third-order valence-electron chi connectivity index (χ3n) is 5.59. The summed E-state index contributed by atoms with van der Waals surface area (Å²) in [4.78, 5) is 19.4. The third-order valence-corrected chi connectivity index (χ3v) is 5.77. The zero-order valence-electron chi connectivity index (χ0n) is 16.6. The van der Waals surface area contributed by atoms with Gasteiger partial charge in [0.05, 0.1) is 18.6 Å². The van der Waals surface area contributed by atoms with E-state index in [1.165, 1.54) is 4.90 Å². The van der Waals surface area contributed by atoms with Crippen LogP contribution in [-0.4, -0.2) is 63.6 Å². The fraction of sp³-hybridized carbons (Fsp3) is 0.273. The molecule has 1 fully saturated rings. The summed E-state index contributed by atoms with van der Waals surface area (Å²) in [5.41, 5.74) is 2.71. The van der Waals surface area contributed by atoms with Gasteiger partial charge in [-0.3, -0.25) is 0 Å². The molecule has 0 unspecified atom stereocenters. The molecule has 3 aromatic rings. The van der Waals surface area contributed by atoms with Crippen molar-refractivity contribution in [1.82, 2.24) is 20.1 Å². The van der Waals surface area contributed by atoms with Crippen molar-refractivity contribution in [3.8, 4) is 5.88 Å². The number of nitrogens with zero attached hydrogens (tertiary/aromatic N) is 5. The van der Waals surface area contributed by atoms with Gasteiger partial charge in [-0.1, -0.05) is 35.9 Å². The van der Waals surface area contributed by atoms with Crippen LogP contribution in [0.4, 0.5) is 10.6 Å². The van der Waals surface area contributed by atoms with Crippen LogP contribution in [-0.2, 0) is 0 Å². The van der Waals surface area contributed by atoms with E-state index >= 15 is 0 Å². The largest absolute Gasteiger partial charge is 0.469 e. The van der Waals surface area contributed by atoms with E-state index in [0.717, 1.165) is 27.9 Å². The summed E-state index contributed by atoms with van der Waals surface area (Å²) in [5, 5.41) is 18.6. The number of hydrogen-bond acceptors (Lipinski definition) is 6. The molecule has 0 saturated carbocycles. The molecule has 0 radical (unpaired) electrons. The number of halogens is 1. The number of amides is 1. The molecule has 0 atom stereocenters. The first-order chi connectivity index (χ1) is 15.1. The average molecular weight is 438 g/mol. The van der Waals surface area contributed by atoms with Crippen LogP contribution >= 0.6 is 11.6 Å². The lowest BCUT2D eigenvalue weighted by Crippen LogP contribution is -2.54. The Morgan fingerprint density at radius 1 is 1.16 bits per heavy atom. The molecular weight excluding hydrogens is 418 g/mol. The van der Waals surface area contributed by atoms with Gasteiger partial charge in [-0.25, -0.2) is 9.78 Å². The Morgan fingerprint density at radius 2 is 2.00 bits per heavy atom. The molecule has 0 aliphatic carbocycles. The minimum Gasteiger partial charge on any atom is -0.469 e. The van der Waals surface area contributed by atoms with Crippen molar-refractivity contribution in [2.24, 2.45) is 0 Å². The first kappa shape index (κ1) is 19.6. The number of aromatic nitrogens is 3. The Hall–Kier alpha value is -3.39. The van der Waals surface area contributed by atoms with E-state index < -0.39 is 6.09 Å². The minimum atomic E-state index is -0.922.